The predicted octanol–water partition coefficient (Wildman–Crippen LogP) is 2.59. The minimum atomic E-state index is -0.663. The van der Waals surface area contributed by atoms with Gasteiger partial charge in [0.15, 0.2) is 6.61 Å². The van der Waals surface area contributed by atoms with Crippen LogP contribution in [0.25, 0.3) is 11.0 Å². The number of rotatable bonds is 7. The highest BCUT2D eigenvalue weighted by molar-refractivity contribution is 5.97. The normalized spacial score (nSPS) is 16.6. The van der Waals surface area contributed by atoms with Crippen molar-refractivity contribution < 1.29 is 28.2 Å². The monoisotopic (exact) mass is 361 g/mol. The van der Waals surface area contributed by atoms with Gasteiger partial charge in [-0.05, 0) is 44.9 Å². The van der Waals surface area contributed by atoms with Gasteiger partial charge >= 0.3 is 5.97 Å². The summed E-state index contributed by atoms with van der Waals surface area (Å²) in [5.74, 6) is -0.219. The highest BCUT2D eigenvalue weighted by Crippen LogP contribution is 2.29. The van der Waals surface area contributed by atoms with Crippen molar-refractivity contribution in [1.29, 1.82) is 0 Å². The van der Waals surface area contributed by atoms with E-state index >= 15 is 0 Å². The van der Waals surface area contributed by atoms with Crippen molar-refractivity contribution in [3.63, 3.8) is 0 Å². The maximum absolute atomic E-state index is 12.3. The van der Waals surface area contributed by atoms with E-state index in [0.717, 1.165) is 24.8 Å². The summed E-state index contributed by atoms with van der Waals surface area (Å²) in [6, 6.07) is 5.35. The van der Waals surface area contributed by atoms with Crippen LogP contribution in [0, 0.1) is 6.92 Å². The van der Waals surface area contributed by atoms with E-state index in [2.05, 4.69) is 5.32 Å². The standard InChI is InChI=1S/C19H23NO6/c1-3-23-13-6-7-16-15(9-13)12(2)18(26-16)19(22)25-11-17(21)20-10-14-5-4-8-24-14/h6-7,9,14H,3-5,8,10-11H2,1-2H3,(H,20,21)/t14-/m0/s1. The van der Waals surface area contributed by atoms with Gasteiger partial charge in [0.25, 0.3) is 5.91 Å². The number of benzene rings is 1. The number of carbonyl (C=O) groups excluding carboxylic acids is 2. The van der Waals surface area contributed by atoms with E-state index in [1.165, 1.54) is 0 Å². The summed E-state index contributed by atoms with van der Waals surface area (Å²) in [6.45, 7) is 5.03. The molecule has 3 rings (SSSR count). The number of furan rings is 1. The van der Waals surface area contributed by atoms with E-state index in [4.69, 9.17) is 18.6 Å². The molecule has 1 fully saturated rings. The summed E-state index contributed by atoms with van der Waals surface area (Å²) in [5, 5.41) is 3.49. The molecule has 2 aromatic rings. The molecule has 1 aromatic carbocycles. The Morgan fingerprint density at radius 3 is 2.92 bits per heavy atom. The smallest absolute Gasteiger partial charge is 0.375 e. The Hall–Kier alpha value is -2.54. The molecule has 2 heterocycles. The molecule has 0 bridgehead atoms. The molecule has 1 aliphatic heterocycles. The topological polar surface area (TPSA) is 87.0 Å². The van der Waals surface area contributed by atoms with Gasteiger partial charge in [0.1, 0.15) is 11.3 Å². The minimum absolute atomic E-state index is 0.0480. The fourth-order valence-corrected chi connectivity index (χ4v) is 2.93. The van der Waals surface area contributed by atoms with Crippen molar-refractivity contribution in [2.75, 3.05) is 26.4 Å². The van der Waals surface area contributed by atoms with Gasteiger partial charge in [0, 0.05) is 24.1 Å². The molecule has 1 amide bonds. The molecule has 0 saturated carbocycles. The number of ether oxygens (including phenoxy) is 3. The van der Waals surface area contributed by atoms with Crippen molar-refractivity contribution in [2.45, 2.75) is 32.8 Å². The summed E-state index contributed by atoms with van der Waals surface area (Å²) in [4.78, 5) is 24.1. The number of amides is 1. The molecular formula is C19H23NO6. The van der Waals surface area contributed by atoms with Gasteiger partial charge in [-0.2, -0.15) is 0 Å². The van der Waals surface area contributed by atoms with Gasteiger partial charge in [-0.3, -0.25) is 4.79 Å². The third-order valence-corrected chi connectivity index (χ3v) is 4.29. The first-order valence-electron chi connectivity index (χ1n) is 8.80. The SMILES string of the molecule is CCOc1ccc2oc(C(=O)OCC(=O)NC[C@@H]3CCCO3)c(C)c2c1. The lowest BCUT2D eigenvalue weighted by atomic mass is 10.1. The molecule has 1 N–H and O–H groups in total. The third-order valence-electron chi connectivity index (χ3n) is 4.29. The van der Waals surface area contributed by atoms with E-state index in [1.54, 1.807) is 19.1 Å². The maximum atomic E-state index is 12.3. The van der Waals surface area contributed by atoms with Gasteiger partial charge in [0.05, 0.1) is 12.7 Å². The van der Waals surface area contributed by atoms with Crippen LogP contribution in [0.1, 0.15) is 35.9 Å². The van der Waals surface area contributed by atoms with Gasteiger partial charge < -0.3 is 23.9 Å². The molecule has 0 radical (unpaired) electrons. The van der Waals surface area contributed by atoms with Gasteiger partial charge in [-0.1, -0.05) is 0 Å². The lowest BCUT2D eigenvalue weighted by Crippen LogP contribution is -2.34. The second-order valence-electron chi connectivity index (χ2n) is 6.16. The highest BCUT2D eigenvalue weighted by Gasteiger charge is 2.21. The summed E-state index contributed by atoms with van der Waals surface area (Å²) >= 11 is 0. The Bertz CT molecular complexity index is 791. The van der Waals surface area contributed by atoms with Gasteiger partial charge in [-0.15, -0.1) is 0 Å². The van der Waals surface area contributed by atoms with Crippen LogP contribution in [-0.4, -0.2) is 44.3 Å². The number of nitrogens with one attached hydrogen (secondary N) is 1. The number of hydrogen-bond acceptors (Lipinski definition) is 6. The van der Waals surface area contributed by atoms with Crippen LogP contribution in [0.4, 0.5) is 0 Å². The Kier molecular flexibility index (Phi) is 5.78. The first kappa shape index (κ1) is 18.3. The summed E-state index contributed by atoms with van der Waals surface area (Å²) in [6.07, 6.45) is 1.99. The zero-order valence-corrected chi connectivity index (χ0v) is 15.0. The van der Waals surface area contributed by atoms with E-state index in [1.807, 2.05) is 13.0 Å². The lowest BCUT2D eigenvalue weighted by Gasteiger charge is -2.10. The number of hydrogen-bond donors (Lipinski definition) is 1. The van der Waals surface area contributed by atoms with E-state index < -0.39 is 5.97 Å². The average molecular weight is 361 g/mol. The van der Waals surface area contributed by atoms with Crippen LogP contribution in [0.15, 0.2) is 22.6 Å². The van der Waals surface area contributed by atoms with Crippen LogP contribution >= 0.6 is 0 Å². The van der Waals surface area contributed by atoms with Crippen molar-refractivity contribution in [2.24, 2.45) is 0 Å². The average Bonchev–Trinajstić information content (AvgIpc) is 3.27. The van der Waals surface area contributed by atoms with E-state index in [-0.39, 0.29) is 24.4 Å². The van der Waals surface area contributed by atoms with Crippen LogP contribution < -0.4 is 10.1 Å². The summed E-state index contributed by atoms with van der Waals surface area (Å²) in [7, 11) is 0. The molecule has 0 aliphatic carbocycles. The second-order valence-corrected chi connectivity index (χ2v) is 6.16. The van der Waals surface area contributed by atoms with Gasteiger partial charge in [-0.25, -0.2) is 4.79 Å². The number of carbonyl (C=O) groups is 2. The second kappa shape index (κ2) is 8.23. The molecule has 7 nitrogen and oxygen atoms in total. The summed E-state index contributed by atoms with van der Waals surface area (Å²) in [5.41, 5.74) is 1.23. The highest BCUT2D eigenvalue weighted by atomic mass is 16.5. The third kappa shape index (κ3) is 4.16. The molecule has 26 heavy (non-hydrogen) atoms. The van der Waals surface area contributed by atoms with Crippen molar-refractivity contribution in [1.82, 2.24) is 5.32 Å². The van der Waals surface area contributed by atoms with Crippen LogP contribution in [0.5, 0.6) is 5.75 Å². The zero-order valence-electron chi connectivity index (χ0n) is 15.0. The molecule has 7 heteroatoms. The first-order chi connectivity index (χ1) is 12.6. The molecule has 1 aliphatic rings. The zero-order chi connectivity index (χ0) is 18.5. The van der Waals surface area contributed by atoms with Crippen LogP contribution in [0.2, 0.25) is 0 Å². The van der Waals surface area contributed by atoms with E-state index in [0.29, 0.717) is 30.0 Å². The largest absolute Gasteiger partial charge is 0.494 e. The Balaban J connectivity index is 1.58. The molecular weight excluding hydrogens is 338 g/mol. The molecule has 1 atom stereocenters. The quantitative estimate of drug-likeness (QED) is 0.763. The van der Waals surface area contributed by atoms with Crippen LogP contribution in [-0.2, 0) is 14.3 Å². The van der Waals surface area contributed by atoms with E-state index in [9.17, 15) is 9.59 Å². The fourth-order valence-electron chi connectivity index (χ4n) is 2.93. The van der Waals surface area contributed by atoms with Crippen LogP contribution in [0.3, 0.4) is 0 Å². The Morgan fingerprint density at radius 1 is 1.35 bits per heavy atom. The fraction of sp³-hybridized carbons (Fsp3) is 0.474. The maximum Gasteiger partial charge on any atom is 0.375 e. The minimum Gasteiger partial charge on any atom is -0.494 e. The predicted molar refractivity (Wildman–Crippen MR) is 94.4 cm³/mol. The van der Waals surface area contributed by atoms with Crippen molar-refractivity contribution in [3.05, 3.63) is 29.5 Å². The number of aryl methyl sites for hydroxylation is 1. The number of esters is 1. The molecule has 0 spiro atoms. The van der Waals surface area contributed by atoms with Crippen molar-refractivity contribution >= 4 is 22.8 Å². The first-order valence-corrected chi connectivity index (χ1v) is 8.80. The molecule has 140 valence electrons. The molecule has 1 saturated heterocycles. The Labute approximate surface area is 151 Å². The number of fused-ring (bicyclic) bond motifs is 1. The van der Waals surface area contributed by atoms with Crippen molar-refractivity contribution in [3.8, 4) is 5.75 Å². The summed E-state index contributed by atoms with van der Waals surface area (Å²) < 4.78 is 21.6. The molecule has 0 unspecified atom stereocenters. The van der Waals surface area contributed by atoms with Gasteiger partial charge in [0.2, 0.25) is 5.76 Å². The Morgan fingerprint density at radius 2 is 2.19 bits per heavy atom. The lowest BCUT2D eigenvalue weighted by molar-refractivity contribution is -0.124. The molecule has 1 aromatic heterocycles.